The van der Waals surface area contributed by atoms with Crippen LogP contribution in [-0.4, -0.2) is 9.13 Å². The third kappa shape index (κ3) is 5.28. The summed E-state index contributed by atoms with van der Waals surface area (Å²) in [7, 11) is 0. The molecule has 10 rings (SSSR count). The number of rotatable bonds is 7. The van der Waals surface area contributed by atoms with Gasteiger partial charge in [-0.25, -0.2) is 0 Å². The van der Waals surface area contributed by atoms with Crippen LogP contribution in [0.25, 0.3) is 66.1 Å². The normalized spacial score (nSPS) is 11.6. The summed E-state index contributed by atoms with van der Waals surface area (Å²) in [5.74, 6) is 0. The minimum atomic E-state index is 0.888. The van der Waals surface area contributed by atoms with E-state index in [1.165, 1.54) is 88.4 Å². The molecule has 0 N–H and O–H groups in total. The van der Waals surface area contributed by atoms with Crippen molar-refractivity contribution >= 4 is 43.6 Å². The van der Waals surface area contributed by atoms with Crippen LogP contribution in [0, 0.1) is 0 Å². The van der Waals surface area contributed by atoms with Gasteiger partial charge in [-0.3, -0.25) is 0 Å². The van der Waals surface area contributed by atoms with Crippen molar-refractivity contribution < 1.29 is 0 Å². The van der Waals surface area contributed by atoms with Crippen LogP contribution < -0.4 is 0 Å². The highest BCUT2D eigenvalue weighted by atomic mass is 15.0. The number of nitrogens with zero attached hydrogens (tertiary/aromatic N) is 2. The van der Waals surface area contributed by atoms with Gasteiger partial charge in [-0.1, -0.05) is 146 Å². The van der Waals surface area contributed by atoms with Crippen LogP contribution in [-0.2, 0) is 12.8 Å². The maximum absolute atomic E-state index is 2.38. The fraction of sp³-hybridized carbons (Fsp3) is 0.0400. The highest BCUT2D eigenvalue weighted by molar-refractivity contribution is 6.10. The van der Waals surface area contributed by atoms with E-state index in [1.807, 2.05) is 0 Å². The lowest BCUT2D eigenvalue weighted by atomic mass is 9.96. The van der Waals surface area contributed by atoms with Crippen LogP contribution in [0.5, 0.6) is 0 Å². The molecule has 0 atom stereocenters. The van der Waals surface area contributed by atoms with Crippen molar-refractivity contribution in [1.29, 1.82) is 0 Å². The largest absolute Gasteiger partial charge is 0.309 e. The molecule has 2 aromatic heterocycles. The minimum absolute atomic E-state index is 0.888. The van der Waals surface area contributed by atoms with Gasteiger partial charge in [0.1, 0.15) is 0 Å². The highest BCUT2D eigenvalue weighted by Gasteiger charge is 2.13. The first-order valence-electron chi connectivity index (χ1n) is 18.1. The molecule has 2 nitrogen and oxygen atoms in total. The van der Waals surface area contributed by atoms with Gasteiger partial charge >= 0.3 is 0 Å². The monoisotopic (exact) mass is 664 g/mol. The maximum Gasteiger partial charge on any atom is 0.0541 e. The van der Waals surface area contributed by atoms with Gasteiger partial charge in [-0.2, -0.15) is 0 Å². The van der Waals surface area contributed by atoms with Crippen LogP contribution in [0.15, 0.2) is 194 Å². The zero-order valence-electron chi connectivity index (χ0n) is 28.8. The summed E-state index contributed by atoms with van der Waals surface area (Å²) in [6.07, 6.45) is 1.78. The smallest absolute Gasteiger partial charge is 0.0541 e. The lowest BCUT2D eigenvalue weighted by molar-refractivity contribution is 1.15. The van der Waals surface area contributed by atoms with E-state index in [9.17, 15) is 0 Å². The van der Waals surface area contributed by atoms with Gasteiger partial charge in [0.2, 0.25) is 0 Å². The van der Waals surface area contributed by atoms with Gasteiger partial charge in [0.05, 0.1) is 22.1 Å². The molecule has 2 heteroatoms. The molecule has 8 aromatic carbocycles. The predicted octanol–water partition coefficient (Wildman–Crippen LogP) is 12.7. The van der Waals surface area contributed by atoms with Crippen LogP contribution in [0.2, 0.25) is 0 Å². The van der Waals surface area contributed by atoms with Crippen LogP contribution in [0.4, 0.5) is 0 Å². The Bertz CT molecular complexity index is 2580. The third-order valence-electron chi connectivity index (χ3n) is 10.6. The summed E-state index contributed by atoms with van der Waals surface area (Å²) in [5, 5.41) is 5.15. The van der Waals surface area contributed by atoms with Crippen molar-refractivity contribution in [3.63, 3.8) is 0 Å². The summed E-state index contributed by atoms with van der Waals surface area (Å²) in [5.41, 5.74) is 15.1. The Morgan fingerprint density at radius 3 is 0.942 bits per heavy atom. The standard InChI is InChI=1S/C50H36N2/c1-5-19-47-43(15-1)44-16-2-6-20-48(44)51(47)41-27-23-35(24-28-41)31-37-11-9-13-39(33-37)40-14-10-12-38(34-40)32-36-25-29-42(30-26-36)52-49-21-7-3-17-45(49)46-18-4-8-22-50(46)52/h1-30,33-34H,31-32H2. The van der Waals surface area contributed by atoms with Crippen LogP contribution in [0.3, 0.4) is 0 Å². The lowest BCUT2D eigenvalue weighted by Crippen LogP contribution is -1.95. The Labute approximate surface area is 303 Å². The third-order valence-corrected chi connectivity index (χ3v) is 10.6. The molecule has 10 aromatic rings. The summed E-state index contributed by atoms with van der Waals surface area (Å²) in [6, 6.07) is 70.9. The quantitative estimate of drug-likeness (QED) is 0.160. The van der Waals surface area contributed by atoms with E-state index in [2.05, 4.69) is 203 Å². The van der Waals surface area contributed by atoms with Gasteiger partial charge in [0.15, 0.2) is 0 Å². The van der Waals surface area contributed by atoms with Crippen molar-refractivity contribution in [3.8, 4) is 22.5 Å². The van der Waals surface area contributed by atoms with Crippen molar-refractivity contribution in [2.75, 3.05) is 0 Å². The zero-order chi connectivity index (χ0) is 34.4. The number of hydrogen-bond acceptors (Lipinski definition) is 0. The van der Waals surface area contributed by atoms with Gasteiger partial charge in [-0.05, 0) is 94.8 Å². The average Bonchev–Trinajstić information content (AvgIpc) is 3.72. The average molecular weight is 665 g/mol. The van der Waals surface area contributed by atoms with E-state index in [0.717, 1.165) is 12.8 Å². The van der Waals surface area contributed by atoms with E-state index in [4.69, 9.17) is 0 Å². The van der Waals surface area contributed by atoms with Crippen LogP contribution in [0.1, 0.15) is 22.3 Å². The molecule has 0 bridgehead atoms. The minimum Gasteiger partial charge on any atom is -0.309 e. The number of fused-ring (bicyclic) bond motifs is 6. The Balaban J connectivity index is 0.879. The molecule has 2 heterocycles. The van der Waals surface area contributed by atoms with E-state index in [0.29, 0.717) is 0 Å². The van der Waals surface area contributed by atoms with Crippen molar-refractivity contribution in [3.05, 3.63) is 216 Å². The molecule has 0 amide bonds. The highest BCUT2D eigenvalue weighted by Crippen LogP contribution is 2.34. The zero-order valence-corrected chi connectivity index (χ0v) is 28.8. The van der Waals surface area contributed by atoms with E-state index < -0.39 is 0 Å². The van der Waals surface area contributed by atoms with Crippen molar-refractivity contribution in [2.24, 2.45) is 0 Å². The van der Waals surface area contributed by atoms with E-state index in [-0.39, 0.29) is 0 Å². The number of benzene rings is 8. The van der Waals surface area contributed by atoms with Gasteiger partial charge in [0, 0.05) is 32.9 Å². The van der Waals surface area contributed by atoms with Crippen LogP contribution >= 0.6 is 0 Å². The first-order valence-corrected chi connectivity index (χ1v) is 18.1. The summed E-state index contributed by atoms with van der Waals surface area (Å²) < 4.78 is 4.75. The molecular weight excluding hydrogens is 629 g/mol. The number of aromatic nitrogens is 2. The second-order valence-electron chi connectivity index (χ2n) is 13.8. The summed E-state index contributed by atoms with van der Waals surface area (Å²) in [4.78, 5) is 0. The topological polar surface area (TPSA) is 9.86 Å². The fourth-order valence-corrected chi connectivity index (χ4v) is 8.12. The second kappa shape index (κ2) is 12.6. The molecule has 246 valence electrons. The summed E-state index contributed by atoms with van der Waals surface area (Å²) >= 11 is 0. The molecule has 0 unspecified atom stereocenters. The van der Waals surface area contributed by atoms with Crippen molar-refractivity contribution in [2.45, 2.75) is 12.8 Å². The van der Waals surface area contributed by atoms with Gasteiger partial charge in [-0.15, -0.1) is 0 Å². The van der Waals surface area contributed by atoms with Crippen molar-refractivity contribution in [1.82, 2.24) is 9.13 Å². The Kier molecular flexibility index (Phi) is 7.32. The van der Waals surface area contributed by atoms with Gasteiger partial charge < -0.3 is 9.13 Å². The molecule has 0 saturated heterocycles. The molecule has 0 spiro atoms. The lowest BCUT2D eigenvalue weighted by Gasteiger charge is -2.11. The predicted molar refractivity (Wildman–Crippen MR) is 219 cm³/mol. The molecule has 0 aliphatic rings. The summed E-state index contributed by atoms with van der Waals surface area (Å²) in [6.45, 7) is 0. The maximum atomic E-state index is 2.38. The molecular formula is C50H36N2. The first kappa shape index (κ1) is 30.2. The first-order chi connectivity index (χ1) is 25.8. The molecule has 52 heavy (non-hydrogen) atoms. The number of para-hydroxylation sites is 4. The molecule has 0 fully saturated rings. The fourth-order valence-electron chi connectivity index (χ4n) is 8.12. The van der Waals surface area contributed by atoms with E-state index >= 15 is 0 Å². The second-order valence-corrected chi connectivity index (χ2v) is 13.8. The Morgan fingerprint density at radius 2 is 0.596 bits per heavy atom. The Morgan fingerprint density at radius 1 is 0.269 bits per heavy atom. The molecule has 0 saturated carbocycles. The SMILES string of the molecule is c1cc(Cc2ccc(-n3c4ccccc4c4ccccc43)cc2)cc(-c2cccc(Cc3ccc(-n4c5ccccc5c5ccccc54)cc3)c2)c1. The molecule has 0 radical (unpaired) electrons. The van der Waals surface area contributed by atoms with Gasteiger partial charge in [0.25, 0.3) is 0 Å². The molecule has 0 aliphatic heterocycles. The number of hydrogen-bond donors (Lipinski definition) is 0. The Hall–Kier alpha value is -6.64. The molecule has 0 aliphatic carbocycles. The van der Waals surface area contributed by atoms with E-state index in [1.54, 1.807) is 0 Å².